The first-order valence-electron chi connectivity index (χ1n) is 25.8. The van der Waals surface area contributed by atoms with E-state index in [1.54, 1.807) is 47.9 Å². The van der Waals surface area contributed by atoms with Crippen molar-refractivity contribution in [3.05, 3.63) is 122 Å². The Hall–Kier alpha value is -6.96. The van der Waals surface area contributed by atoms with Crippen LogP contribution in [0.3, 0.4) is 0 Å². The Labute approximate surface area is 448 Å². The highest BCUT2D eigenvalue weighted by atomic mass is 32.1. The van der Waals surface area contributed by atoms with Gasteiger partial charge >= 0.3 is 23.9 Å². The van der Waals surface area contributed by atoms with Gasteiger partial charge in [0.05, 0.1) is 81.1 Å². The monoisotopic (exact) mass is 1060 g/mol. The summed E-state index contributed by atoms with van der Waals surface area (Å²) in [5.41, 5.74) is 3.34. The molecule has 0 spiro atoms. The molecule has 1 heterocycles. The lowest BCUT2D eigenvalue weighted by Crippen LogP contribution is -2.30. The number of benzene rings is 4. The molecule has 1 saturated carbocycles. The van der Waals surface area contributed by atoms with Crippen LogP contribution in [0.5, 0.6) is 23.0 Å². The number of thiazole rings is 1. The van der Waals surface area contributed by atoms with Crippen molar-refractivity contribution in [3.63, 3.8) is 0 Å². The maximum atomic E-state index is 13.9. The lowest BCUT2D eigenvalue weighted by molar-refractivity contribution is -0.145. The lowest BCUT2D eigenvalue weighted by Gasteiger charge is -2.26. The summed E-state index contributed by atoms with van der Waals surface area (Å²) >= 11 is 1.58. The number of ether oxygens (including phenoxy) is 10. The molecule has 0 unspecified atom stereocenters. The zero-order chi connectivity index (χ0) is 53.6. The molecule has 17 nitrogen and oxygen atoms in total. The van der Waals surface area contributed by atoms with Gasteiger partial charge < -0.3 is 47.4 Å². The number of unbranched alkanes of at least 4 members (excludes halogenated alkanes) is 3. The normalized spacial score (nSPS) is 14.2. The second kappa shape index (κ2) is 33.2. The number of aromatic nitrogens is 1. The standard InChI is InChI=1S/C58H69N3O14S/c1-4-7-8-11-28-61(58-60-51-12-9-10-13-53(51)76-58)59-42-47-41-46(43-18-21-48(22-19-43)70-37-33-66-29-31-68-35-39-72-54(62)5-2)20-27-52(47)75-57(65)45-16-14-44(15-17-45)56(64)74-50-25-23-49(24-26-50)71-38-34-67-30-32-69-36-40-73-55(63)6-3/h5-6,9-10,12-13,18-27,41-42,44-45H,2-4,7-8,11,14-17,28-40H2,1H3/b59-42+. The van der Waals surface area contributed by atoms with Gasteiger partial charge in [0.2, 0.25) is 5.13 Å². The summed E-state index contributed by atoms with van der Waals surface area (Å²) in [5.74, 6) is -0.383. The molecular weight excluding hydrogens is 995 g/mol. The van der Waals surface area contributed by atoms with Crippen LogP contribution in [0.4, 0.5) is 5.13 Å². The smallest absolute Gasteiger partial charge is 0.330 e. The maximum absolute atomic E-state index is 13.9. The molecule has 1 aliphatic carbocycles. The molecule has 1 aliphatic rings. The maximum Gasteiger partial charge on any atom is 0.330 e. The molecule has 0 bridgehead atoms. The van der Waals surface area contributed by atoms with Gasteiger partial charge in [-0.25, -0.2) is 19.6 Å². The molecule has 76 heavy (non-hydrogen) atoms. The van der Waals surface area contributed by atoms with Crippen LogP contribution >= 0.6 is 11.3 Å². The number of nitrogens with zero attached hydrogens (tertiary/aromatic N) is 3. The SMILES string of the molecule is C=CC(=O)OCCOCCOCCOc1ccc(OC(=O)C2CCC(C(=O)Oc3ccc(-c4ccc(OCCOCCOCCOC(=O)C=C)cc4)cc3/C=N/N(CCCCCC)c3nc4ccccc4s3)CC2)cc1. The van der Waals surface area contributed by atoms with Gasteiger partial charge in [0.25, 0.3) is 0 Å². The van der Waals surface area contributed by atoms with Crippen LogP contribution < -0.4 is 24.0 Å². The van der Waals surface area contributed by atoms with Crippen molar-refractivity contribution in [3.8, 4) is 34.1 Å². The fourth-order valence-electron chi connectivity index (χ4n) is 7.82. The van der Waals surface area contributed by atoms with Gasteiger partial charge in [0, 0.05) is 24.3 Å². The van der Waals surface area contributed by atoms with Gasteiger partial charge in [-0.3, -0.25) is 9.59 Å². The Morgan fingerprint density at radius 3 is 1.68 bits per heavy atom. The highest BCUT2D eigenvalue weighted by molar-refractivity contribution is 7.22. The number of hydrogen-bond acceptors (Lipinski definition) is 18. The minimum absolute atomic E-state index is 0.150. The van der Waals surface area contributed by atoms with Crippen LogP contribution in [0.1, 0.15) is 63.9 Å². The molecule has 0 amide bonds. The van der Waals surface area contributed by atoms with E-state index < -0.39 is 17.9 Å². The van der Waals surface area contributed by atoms with Crippen LogP contribution in [0.25, 0.3) is 21.3 Å². The van der Waals surface area contributed by atoms with Gasteiger partial charge in [0.1, 0.15) is 49.4 Å². The molecule has 5 aromatic rings. The molecule has 4 aromatic carbocycles. The van der Waals surface area contributed by atoms with Gasteiger partial charge in [0.15, 0.2) is 0 Å². The van der Waals surface area contributed by atoms with Crippen molar-refractivity contribution in [2.24, 2.45) is 16.9 Å². The van der Waals surface area contributed by atoms with Crippen LogP contribution in [0, 0.1) is 11.8 Å². The molecule has 0 radical (unpaired) electrons. The van der Waals surface area contributed by atoms with E-state index in [-0.39, 0.29) is 44.3 Å². The van der Waals surface area contributed by atoms with Crippen molar-refractivity contribution in [1.29, 1.82) is 0 Å². The Kier molecular flexibility index (Phi) is 25.4. The Bertz CT molecular complexity index is 2580. The van der Waals surface area contributed by atoms with Crippen molar-refractivity contribution >= 4 is 56.8 Å². The first kappa shape index (κ1) is 58.3. The molecular formula is C58H69N3O14S. The predicted molar refractivity (Wildman–Crippen MR) is 290 cm³/mol. The molecule has 6 rings (SSSR count). The first-order chi connectivity index (χ1) is 37.2. The molecule has 18 heteroatoms. The van der Waals surface area contributed by atoms with E-state index in [2.05, 4.69) is 26.1 Å². The Morgan fingerprint density at radius 2 is 1.12 bits per heavy atom. The predicted octanol–water partition coefficient (Wildman–Crippen LogP) is 9.98. The second-order valence-electron chi connectivity index (χ2n) is 17.4. The fourth-order valence-corrected chi connectivity index (χ4v) is 8.77. The molecule has 0 saturated heterocycles. The minimum Gasteiger partial charge on any atom is -0.491 e. The quantitative estimate of drug-likeness (QED) is 0.00930. The van der Waals surface area contributed by atoms with Crippen LogP contribution in [-0.4, -0.2) is 121 Å². The molecule has 0 atom stereocenters. The third-order valence-corrected chi connectivity index (χ3v) is 13.0. The molecule has 0 aliphatic heterocycles. The van der Waals surface area contributed by atoms with Crippen molar-refractivity contribution < 1.29 is 66.5 Å². The van der Waals surface area contributed by atoms with Gasteiger partial charge in [-0.15, -0.1) is 0 Å². The summed E-state index contributed by atoms with van der Waals surface area (Å²) in [6, 6.07) is 28.3. The highest BCUT2D eigenvalue weighted by Gasteiger charge is 2.32. The summed E-state index contributed by atoms with van der Waals surface area (Å²) < 4.78 is 56.3. The summed E-state index contributed by atoms with van der Waals surface area (Å²) in [6.45, 7) is 13.2. The van der Waals surface area contributed by atoms with E-state index in [1.165, 1.54) is 0 Å². The minimum atomic E-state index is -0.491. The third-order valence-electron chi connectivity index (χ3n) is 11.9. The second-order valence-corrected chi connectivity index (χ2v) is 18.4. The summed E-state index contributed by atoms with van der Waals surface area (Å²) in [7, 11) is 0. The van der Waals surface area contributed by atoms with Crippen molar-refractivity contribution in [2.75, 3.05) is 90.8 Å². The average molecular weight is 1060 g/mol. The molecule has 1 aromatic heterocycles. The van der Waals surface area contributed by atoms with E-state index in [0.717, 1.165) is 64.3 Å². The zero-order valence-electron chi connectivity index (χ0n) is 43.3. The number of carbonyl (C=O) groups excluding carboxylic acids is 4. The van der Waals surface area contributed by atoms with Crippen molar-refractivity contribution in [2.45, 2.75) is 58.3 Å². The van der Waals surface area contributed by atoms with E-state index >= 15 is 0 Å². The lowest BCUT2D eigenvalue weighted by atomic mass is 9.82. The number of para-hydroxylation sites is 1. The largest absolute Gasteiger partial charge is 0.491 e. The Balaban J connectivity index is 1.02. The molecule has 406 valence electrons. The van der Waals surface area contributed by atoms with E-state index in [0.29, 0.717) is 114 Å². The van der Waals surface area contributed by atoms with Gasteiger partial charge in [-0.2, -0.15) is 5.10 Å². The molecule has 0 N–H and O–H groups in total. The number of carbonyl (C=O) groups is 4. The van der Waals surface area contributed by atoms with Gasteiger partial charge in [-0.1, -0.05) is 81.0 Å². The summed E-state index contributed by atoms with van der Waals surface area (Å²) in [5, 5.41) is 7.72. The average Bonchev–Trinajstić information content (AvgIpc) is 3.89. The van der Waals surface area contributed by atoms with Gasteiger partial charge in [-0.05, 0) is 104 Å². The van der Waals surface area contributed by atoms with Crippen LogP contribution in [0.2, 0.25) is 0 Å². The van der Waals surface area contributed by atoms with E-state index in [1.807, 2.05) is 59.6 Å². The first-order valence-corrected chi connectivity index (χ1v) is 26.6. The van der Waals surface area contributed by atoms with E-state index in [4.69, 9.17) is 57.5 Å². The number of fused-ring (bicyclic) bond motifs is 1. The number of esters is 4. The van der Waals surface area contributed by atoms with Crippen LogP contribution in [-0.2, 0) is 47.6 Å². The number of anilines is 1. The third kappa shape index (κ3) is 20.3. The van der Waals surface area contributed by atoms with Crippen LogP contribution in [0.15, 0.2) is 121 Å². The summed E-state index contributed by atoms with van der Waals surface area (Å²) in [4.78, 5) is 54.2. The number of hydrogen-bond donors (Lipinski definition) is 0. The fraction of sp³-hybridized carbons (Fsp3) is 0.414. The van der Waals surface area contributed by atoms with E-state index in [9.17, 15) is 19.2 Å². The zero-order valence-corrected chi connectivity index (χ0v) is 44.1. The number of hydrazone groups is 1. The Morgan fingerprint density at radius 1 is 0.605 bits per heavy atom. The summed E-state index contributed by atoms with van der Waals surface area (Å²) in [6.07, 6.45) is 10.1. The molecule has 1 fully saturated rings. The number of rotatable bonds is 35. The topological polar surface area (TPSA) is 189 Å². The highest BCUT2D eigenvalue weighted by Crippen LogP contribution is 2.34. The van der Waals surface area contributed by atoms with Crippen molar-refractivity contribution in [1.82, 2.24) is 4.98 Å².